The topological polar surface area (TPSA) is 0 Å². The molecular formula is C23H34ClN. The molecule has 0 saturated carbocycles. The van der Waals surface area contributed by atoms with Gasteiger partial charge in [-0.25, -0.2) is 0 Å². The Kier molecular flexibility index (Phi) is 10.5. The van der Waals surface area contributed by atoms with Gasteiger partial charge >= 0.3 is 0 Å². The molecule has 0 aromatic heterocycles. The second kappa shape index (κ2) is 12.1. The zero-order chi connectivity index (χ0) is 17.1. The summed E-state index contributed by atoms with van der Waals surface area (Å²) >= 11 is 0. The van der Waals surface area contributed by atoms with Gasteiger partial charge in [-0.3, -0.25) is 4.48 Å². The summed E-state index contributed by atoms with van der Waals surface area (Å²) in [4.78, 5) is 0. The third kappa shape index (κ3) is 6.84. The summed E-state index contributed by atoms with van der Waals surface area (Å²) in [5.41, 5.74) is 2.93. The van der Waals surface area contributed by atoms with Crippen LogP contribution in [-0.4, -0.2) is 13.1 Å². The molecule has 2 aromatic carbocycles. The van der Waals surface area contributed by atoms with Gasteiger partial charge in [-0.1, -0.05) is 81.6 Å². The Labute approximate surface area is 161 Å². The van der Waals surface area contributed by atoms with Gasteiger partial charge in [0.2, 0.25) is 0 Å². The number of hydrogen-bond acceptors (Lipinski definition) is 0. The number of nitrogens with zero attached hydrogens (tertiary/aromatic N) is 1. The smallest absolute Gasteiger partial charge is 0.133 e. The zero-order valence-electron chi connectivity index (χ0n) is 16.0. The number of unbranched alkanes of at least 4 members (excludes halogenated alkanes) is 4. The van der Waals surface area contributed by atoms with Crippen LogP contribution in [-0.2, 0) is 6.54 Å². The highest BCUT2D eigenvalue weighted by atomic mass is 35.5. The summed E-state index contributed by atoms with van der Waals surface area (Å²) < 4.78 is 1.10. The van der Waals surface area contributed by atoms with Crippen molar-refractivity contribution in [1.82, 2.24) is 4.48 Å². The molecule has 0 spiro atoms. The monoisotopic (exact) mass is 359 g/mol. The van der Waals surface area contributed by atoms with Crippen molar-refractivity contribution >= 4 is 5.69 Å². The quantitative estimate of drug-likeness (QED) is 0.425. The van der Waals surface area contributed by atoms with Crippen LogP contribution in [0, 0.1) is 0 Å². The van der Waals surface area contributed by atoms with E-state index in [-0.39, 0.29) is 12.4 Å². The number of para-hydroxylation sites is 1. The van der Waals surface area contributed by atoms with Crippen molar-refractivity contribution in [2.45, 2.75) is 58.9 Å². The lowest BCUT2D eigenvalue weighted by Crippen LogP contribution is -3.00. The normalized spacial score (nSPS) is 13.0. The maximum atomic E-state index is 2.33. The molecule has 138 valence electrons. The predicted octanol–water partition coefficient (Wildman–Crippen LogP) is 3.58. The van der Waals surface area contributed by atoms with Gasteiger partial charge in [-0.15, -0.1) is 0 Å². The number of halogens is 1. The molecule has 0 radical (unpaired) electrons. The first-order chi connectivity index (χ1) is 11.8. The molecule has 0 fully saturated rings. The minimum Gasteiger partial charge on any atom is -1.00 e. The number of hydrogen-bond donors (Lipinski definition) is 0. The van der Waals surface area contributed by atoms with Gasteiger partial charge in [-0.2, -0.15) is 0 Å². The Balaban J connectivity index is 0.00000312. The lowest BCUT2D eigenvalue weighted by atomic mass is 10.1. The van der Waals surface area contributed by atoms with E-state index < -0.39 is 0 Å². The summed E-state index contributed by atoms with van der Waals surface area (Å²) in [5, 5.41) is 0. The van der Waals surface area contributed by atoms with E-state index in [0.29, 0.717) is 0 Å². The molecule has 1 unspecified atom stereocenters. The lowest BCUT2D eigenvalue weighted by Gasteiger charge is -2.39. The molecule has 2 rings (SSSR count). The Morgan fingerprint density at radius 3 is 1.80 bits per heavy atom. The molecule has 0 aliphatic heterocycles. The molecule has 0 bridgehead atoms. The van der Waals surface area contributed by atoms with Crippen LogP contribution in [0.5, 0.6) is 0 Å². The van der Waals surface area contributed by atoms with E-state index in [9.17, 15) is 0 Å². The van der Waals surface area contributed by atoms with Crippen LogP contribution in [0.4, 0.5) is 5.69 Å². The van der Waals surface area contributed by atoms with Gasteiger partial charge in [0.1, 0.15) is 12.2 Å². The summed E-state index contributed by atoms with van der Waals surface area (Å²) in [6, 6.07) is 22.2. The standard InChI is InChI=1S/C23H34N.ClH/c1-3-5-7-14-20-24(19-6-4-2,23-17-12-9-13-18-23)21-22-15-10-8-11-16-22;/h8-13,15-18H,3-7,14,19-21H2,1-2H3;1H/q+1;/p-1. The maximum Gasteiger partial charge on any atom is 0.133 e. The fourth-order valence-electron chi connectivity index (χ4n) is 3.60. The van der Waals surface area contributed by atoms with E-state index in [1.54, 1.807) is 0 Å². The van der Waals surface area contributed by atoms with Crippen molar-refractivity contribution in [3.8, 4) is 0 Å². The zero-order valence-corrected chi connectivity index (χ0v) is 16.7. The van der Waals surface area contributed by atoms with E-state index >= 15 is 0 Å². The van der Waals surface area contributed by atoms with E-state index in [2.05, 4.69) is 74.5 Å². The predicted molar refractivity (Wildman–Crippen MR) is 107 cm³/mol. The molecule has 1 nitrogen and oxygen atoms in total. The second-order valence-corrected chi connectivity index (χ2v) is 6.99. The number of benzene rings is 2. The van der Waals surface area contributed by atoms with Crippen molar-refractivity contribution in [2.24, 2.45) is 0 Å². The molecule has 2 aromatic rings. The third-order valence-electron chi connectivity index (χ3n) is 5.01. The molecule has 0 N–H and O–H groups in total. The molecule has 25 heavy (non-hydrogen) atoms. The van der Waals surface area contributed by atoms with Gasteiger partial charge in [0.15, 0.2) is 0 Å². The molecule has 0 aliphatic carbocycles. The average molecular weight is 360 g/mol. The van der Waals surface area contributed by atoms with Crippen LogP contribution in [0.2, 0.25) is 0 Å². The first-order valence-corrected chi connectivity index (χ1v) is 9.76. The van der Waals surface area contributed by atoms with Crippen molar-refractivity contribution in [2.75, 3.05) is 13.1 Å². The minimum atomic E-state index is 0. The highest BCUT2D eigenvalue weighted by Gasteiger charge is 2.29. The number of rotatable bonds is 11. The molecule has 2 heteroatoms. The molecular weight excluding hydrogens is 326 g/mol. The number of quaternary nitrogens is 1. The molecule has 1 atom stereocenters. The van der Waals surface area contributed by atoms with Crippen LogP contribution in [0.3, 0.4) is 0 Å². The van der Waals surface area contributed by atoms with Crippen LogP contribution < -0.4 is 16.9 Å². The fourth-order valence-corrected chi connectivity index (χ4v) is 3.60. The molecule has 0 heterocycles. The van der Waals surface area contributed by atoms with Crippen LogP contribution in [0.25, 0.3) is 0 Å². The largest absolute Gasteiger partial charge is 1.00 e. The third-order valence-corrected chi connectivity index (χ3v) is 5.01. The average Bonchev–Trinajstić information content (AvgIpc) is 2.64. The van der Waals surface area contributed by atoms with Crippen LogP contribution in [0.1, 0.15) is 57.9 Å². The molecule has 0 aliphatic rings. The van der Waals surface area contributed by atoms with Gasteiger partial charge < -0.3 is 12.4 Å². The summed E-state index contributed by atoms with van der Waals surface area (Å²) in [5.74, 6) is 0. The van der Waals surface area contributed by atoms with E-state index in [0.717, 1.165) is 11.0 Å². The van der Waals surface area contributed by atoms with Crippen molar-refractivity contribution in [1.29, 1.82) is 0 Å². The van der Waals surface area contributed by atoms with Gasteiger partial charge in [0, 0.05) is 5.56 Å². The Morgan fingerprint density at radius 1 is 0.640 bits per heavy atom. The SMILES string of the molecule is CCCCCC[N+](CCCC)(Cc1ccccc1)c1ccccc1.[Cl-]. The van der Waals surface area contributed by atoms with E-state index in [1.165, 1.54) is 62.9 Å². The first kappa shape index (κ1) is 21.7. The van der Waals surface area contributed by atoms with E-state index in [4.69, 9.17) is 0 Å². The Bertz CT molecular complexity index is 555. The first-order valence-electron chi connectivity index (χ1n) is 9.76. The Morgan fingerprint density at radius 2 is 1.20 bits per heavy atom. The fraction of sp³-hybridized carbons (Fsp3) is 0.478. The molecule has 0 saturated heterocycles. The molecule has 0 amide bonds. The van der Waals surface area contributed by atoms with Crippen molar-refractivity contribution in [3.05, 3.63) is 66.2 Å². The van der Waals surface area contributed by atoms with Crippen LogP contribution >= 0.6 is 0 Å². The van der Waals surface area contributed by atoms with Gasteiger partial charge in [0.25, 0.3) is 0 Å². The van der Waals surface area contributed by atoms with Gasteiger partial charge in [-0.05, 0) is 31.4 Å². The lowest BCUT2D eigenvalue weighted by molar-refractivity contribution is -0.00000515. The van der Waals surface area contributed by atoms with Crippen molar-refractivity contribution < 1.29 is 12.4 Å². The van der Waals surface area contributed by atoms with E-state index in [1.807, 2.05) is 0 Å². The Hall–Kier alpha value is -1.31. The minimum absolute atomic E-state index is 0. The van der Waals surface area contributed by atoms with Crippen LogP contribution in [0.15, 0.2) is 60.7 Å². The van der Waals surface area contributed by atoms with Gasteiger partial charge in [0.05, 0.1) is 13.1 Å². The highest BCUT2D eigenvalue weighted by molar-refractivity contribution is 5.43. The maximum absolute atomic E-state index is 2.33. The second-order valence-electron chi connectivity index (χ2n) is 6.99. The summed E-state index contributed by atoms with van der Waals surface area (Å²) in [6.07, 6.45) is 7.88. The highest BCUT2D eigenvalue weighted by Crippen LogP contribution is 2.28. The summed E-state index contributed by atoms with van der Waals surface area (Å²) in [7, 11) is 0. The van der Waals surface area contributed by atoms with Crippen molar-refractivity contribution in [3.63, 3.8) is 0 Å². The summed E-state index contributed by atoms with van der Waals surface area (Å²) in [6.45, 7) is 8.19.